The van der Waals surface area contributed by atoms with Gasteiger partial charge in [-0.2, -0.15) is 0 Å². The molecule has 0 radical (unpaired) electrons. The molecule has 0 heterocycles. The SMILES string of the molecule is C=C(CC)C(C)=N/C=C\C.CC. The van der Waals surface area contributed by atoms with Crippen molar-refractivity contribution in [3.63, 3.8) is 0 Å². The average molecular weight is 167 g/mol. The summed E-state index contributed by atoms with van der Waals surface area (Å²) in [6.07, 6.45) is 4.68. The largest absolute Gasteiger partial charge is 0.262 e. The summed E-state index contributed by atoms with van der Waals surface area (Å²) in [5, 5.41) is 0. The lowest BCUT2D eigenvalue weighted by Crippen LogP contribution is -1.92. The molecule has 0 aliphatic heterocycles. The van der Waals surface area contributed by atoms with Crippen LogP contribution in [0, 0.1) is 0 Å². The molecule has 0 N–H and O–H groups in total. The zero-order valence-corrected chi connectivity index (χ0v) is 9.02. The summed E-state index contributed by atoms with van der Waals surface area (Å²) < 4.78 is 0. The Morgan fingerprint density at radius 3 is 2.25 bits per heavy atom. The zero-order valence-electron chi connectivity index (χ0n) is 9.02. The molecule has 0 spiro atoms. The van der Waals surface area contributed by atoms with E-state index in [-0.39, 0.29) is 0 Å². The van der Waals surface area contributed by atoms with Gasteiger partial charge in [-0.3, -0.25) is 4.99 Å². The summed E-state index contributed by atoms with van der Waals surface area (Å²) in [5.74, 6) is 0. The van der Waals surface area contributed by atoms with Gasteiger partial charge < -0.3 is 0 Å². The minimum Gasteiger partial charge on any atom is -0.262 e. The lowest BCUT2D eigenvalue weighted by atomic mass is 10.1. The predicted octanol–water partition coefficient (Wildman–Crippen LogP) is 3.97. The number of hydrogen-bond donors (Lipinski definition) is 0. The van der Waals surface area contributed by atoms with Crippen molar-refractivity contribution < 1.29 is 0 Å². The molecule has 0 aliphatic carbocycles. The molecule has 0 fully saturated rings. The molecule has 12 heavy (non-hydrogen) atoms. The van der Waals surface area contributed by atoms with Crippen LogP contribution in [0.4, 0.5) is 0 Å². The number of allylic oxidation sites excluding steroid dienone is 2. The van der Waals surface area contributed by atoms with Gasteiger partial charge in [0.2, 0.25) is 0 Å². The van der Waals surface area contributed by atoms with E-state index in [0.29, 0.717) is 0 Å². The molecule has 0 aromatic rings. The molecule has 0 unspecified atom stereocenters. The van der Waals surface area contributed by atoms with Gasteiger partial charge in [-0.1, -0.05) is 33.4 Å². The highest BCUT2D eigenvalue weighted by Gasteiger charge is 1.91. The maximum absolute atomic E-state index is 4.15. The van der Waals surface area contributed by atoms with E-state index in [1.165, 1.54) is 0 Å². The number of rotatable bonds is 3. The molecule has 0 aromatic carbocycles. The zero-order chi connectivity index (χ0) is 9.98. The highest BCUT2D eigenvalue weighted by Crippen LogP contribution is 1.99. The van der Waals surface area contributed by atoms with Crippen LogP contribution in [0.15, 0.2) is 29.4 Å². The lowest BCUT2D eigenvalue weighted by Gasteiger charge is -1.97. The van der Waals surface area contributed by atoms with Gasteiger partial charge in [-0.05, 0) is 25.8 Å². The fourth-order valence-corrected chi connectivity index (χ4v) is 0.533. The van der Waals surface area contributed by atoms with Crippen LogP contribution in [0.25, 0.3) is 0 Å². The molecule has 1 nitrogen and oxygen atoms in total. The Hall–Kier alpha value is -0.850. The average Bonchev–Trinajstić information content (AvgIpc) is 2.16. The van der Waals surface area contributed by atoms with Crippen LogP contribution < -0.4 is 0 Å². The van der Waals surface area contributed by atoms with Crippen molar-refractivity contribution in [2.75, 3.05) is 0 Å². The van der Waals surface area contributed by atoms with Gasteiger partial charge >= 0.3 is 0 Å². The third-order valence-corrected chi connectivity index (χ3v) is 1.36. The second-order valence-electron chi connectivity index (χ2n) is 2.15. The first-order valence-corrected chi connectivity index (χ1v) is 4.56. The first kappa shape index (κ1) is 13.7. The standard InChI is InChI=1S/C9H15N.C2H6/c1-5-7-10-9(4)8(3)6-2;1-2/h5,7H,3,6H2,1-2,4H3;1-2H3/b7-5-,10-9?;. The van der Waals surface area contributed by atoms with Crippen molar-refractivity contribution in [3.05, 3.63) is 24.4 Å². The molecule has 0 bridgehead atoms. The van der Waals surface area contributed by atoms with Gasteiger partial charge in [-0.15, -0.1) is 0 Å². The Morgan fingerprint density at radius 1 is 1.42 bits per heavy atom. The molecule has 1 heteroatoms. The maximum atomic E-state index is 4.15. The second kappa shape index (κ2) is 10.2. The van der Waals surface area contributed by atoms with Crippen molar-refractivity contribution in [1.82, 2.24) is 0 Å². The van der Waals surface area contributed by atoms with E-state index in [1.54, 1.807) is 6.20 Å². The van der Waals surface area contributed by atoms with E-state index in [2.05, 4.69) is 18.5 Å². The summed E-state index contributed by atoms with van der Waals surface area (Å²) in [5.41, 5.74) is 2.14. The van der Waals surface area contributed by atoms with Crippen molar-refractivity contribution in [2.24, 2.45) is 4.99 Å². The summed E-state index contributed by atoms with van der Waals surface area (Å²) >= 11 is 0. The second-order valence-corrected chi connectivity index (χ2v) is 2.15. The molecule has 0 aliphatic rings. The minimum absolute atomic E-state index is 0.979. The number of nitrogens with zero attached hydrogens (tertiary/aromatic N) is 1. The molecule has 0 amide bonds. The van der Waals surface area contributed by atoms with Crippen LogP contribution >= 0.6 is 0 Å². The number of hydrogen-bond acceptors (Lipinski definition) is 1. The van der Waals surface area contributed by atoms with E-state index < -0.39 is 0 Å². The molecular formula is C11H21N. The Morgan fingerprint density at radius 2 is 1.92 bits per heavy atom. The Bertz CT molecular complexity index is 164. The van der Waals surface area contributed by atoms with Crippen LogP contribution in [0.3, 0.4) is 0 Å². The van der Waals surface area contributed by atoms with Gasteiger partial charge in [-0.25, -0.2) is 0 Å². The van der Waals surface area contributed by atoms with Crippen molar-refractivity contribution >= 4 is 5.71 Å². The van der Waals surface area contributed by atoms with E-state index in [0.717, 1.165) is 17.7 Å². The van der Waals surface area contributed by atoms with Gasteiger partial charge in [0.25, 0.3) is 0 Å². The molecule has 0 atom stereocenters. The Balaban J connectivity index is 0. The minimum atomic E-state index is 0.979. The Labute approximate surface area is 76.9 Å². The molecular weight excluding hydrogens is 146 g/mol. The lowest BCUT2D eigenvalue weighted by molar-refractivity contribution is 1.17. The van der Waals surface area contributed by atoms with Crippen LogP contribution in [0.5, 0.6) is 0 Å². The molecule has 0 saturated carbocycles. The van der Waals surface area contributed by atoms with E-state index >= 15 is 0 Å². The normalized spacial score (nSPS) is 10.9. The summed E-state index contributed by atoms with van der Waals surface area (Å²) in [7, 11) is 0. The van der Waals surface area contributed by atoms with Crippen LogP contribution in [-0.4, -0.2) is 5.71 Å². The first-order valence-electron chi connectivity index (χ1n) is 4.56. The van der Waals surface area contributed by atoms with Gasteiger partial charge in [0.1, 0.15) is 0 Å². The van der Waals surface area contributed by atoms with Crippen molar-refractivity contribution in [3.8, 4) is 0 Å². The highest BCUT2D eigenvalue weighted by atomic mass is 14.7. The van der Waals surface area contributed by atoms with E-state index in [9.17, 15) is 0 Å². The third kappa shape index (κ3) is 7.26. The van der Waals surface area contributed by atoms with Gasteiger partial charge in [0.15, 0.2) is 0 Å². The smallest absolute Gasteiger partial charge is 0.0398 e. The van der Waals surface area contributed by atoms with Gasteiger partial charge in [0, 0.05) is 11.9 Å². The van der Waals surface area contributed by atoms with Crippen molar-refractivity contribution in [2.45, 2.75) is 41.0 Å². The predicted molar refractivity (Wildman–Crippen MR) is 58.7 cm³/mol. The number of aliphatic imine (C=N–C) groups is 1. The van der Waals surface area contributed by atoms with Crippen LogP contribution in [0.1, 0.15) is 41.0 Å². The van der Waals surface area contributed by atoms with Crippen LogP contribution in [0.2, 0.25) is 0 Å². The molecule has 0 saturated heterocycles. The van der Waals surface area contributed by atoms with E-state index in [1.807, 2.05) is 33.8 Å². The maximum Gasteiger partial charge on any atom is 0.0398 e. The van der Waals surface area contributed by atoms with E-state index in [4.69, 9.17) is 0 Å². The van der Waals surface area contributed by atoms with Crippen molar-refractivity contribution in [1.29, 1.82) is 0 Å². The third-order valence-electron chi connectivity index (χ3n) is 1.36. The monoisotopic (exact) mass is 167 g/mol. The Kier molecular flexibility index (Phi) is 11.6. The van der Waals surface area contributed by atoms with Crippen LogP contribution in [-0.2, 0) is 0 Å². The molecule has 0 aromatic heterocycles. The fourth-order valence-electron chi connectivity index (χ4n) is 0.533. The highest BCUT2D eigenvalue weighted by molar-refractivity contribution is 5.97. The van der Waals surface area contributed by atoms with Gasteiger partial charge in [0.05, 0.1) is 0 Å². The summed E-state index contributed by atoms with van der Waals surface area (Å²) in [4.78, 5) is 4.15. The first-order chi connectivity index (χ1) is 5.72. The molecule has 0 rings (SSSR count). The summed E-state index contributed by atoms with van der Waals surface area (Å²) in [6, 6.07) is 0. The quantitative estimate of drug-likeness (QED) is 0.564. The summed E-state index contributed by atoms with van der Waals surface area (Å²) in [6.45, 7) is 13.9. The topological polar surface area (TPSA) is 12.4 Å². The molecule has 70 valence electrons. The fraction of sp³-hybridized carbons (Fsp3) is 0.545.